The summed E-state index contributed by atoms with van der Waals surface area (Å²) in [7, 11) is 0. The van der Waals surface area contributed by atoms with Gasteiger partial charge >= 0.3 is 0 Å². The summed E-state index contributed by atoms with van der Waals surface area (Å²) in [5.74, 6) is 0. The van der Waals surface area contributed by atoms with Gasteiger partial charge in [-0.2, -0.15) is 0 Å². The second-order valence-corrected chi connectivity index (χ2v) is 34.7. The van der Waals surface area contributed by atoms with Crippen molar-refractivity contribution in [2.45, 2.75) is 0 Å². The lowest BCUT2D eigenvalue weighted by Crippen LogP contribution is -1.88. The number of aromatic nitrogens is 4. The van der Waals surface area contributed by atoms with Crippen molar-refractivity contribution in [3.63, 3.8) is 0 Å². The van der Waals surface area contributed by atoms with Crippen LogP contribution in [0.5, 0.6) is 0 Å². The molecule has 548 valence electrons. The highest BCUT2D eigenvalue weighted by Gasteiger charge is 2.22. The van der Waals surface area contributed by atoms with Crippen LogP contribution < -0.4 is 0 Å². The monoisotopic (exact) mass is 1570 g/mol. The standard InChI is InChI=1S/C54H30N2O2S.C54H30N2S3/c1-3-15-38-31(9-1)21-24-44-42-19-7-17-40(52(42)57-50(38)44)35-12-5-11-33(27-35)34-23-26-48-46(29-34)49-54(59-48)55-30-47(56-49)37-14-6-13-36(28-37)41-18-8-20-43-45-25-22-32-10-2-4-16-39(32)51(45)58-53(41)43;1-3-15-38-31(9-1)21-25-47-49(38)42-19-7-17-40(52(42)57-47)35-12-5-11-33(27-35)34-23-24-46-44(29-34)51-54(59-46)55-30-45(56-51)37-14-6-13-36(28-37)41-18-8-20-43-50-39-16-4-2-10-32(39)22-26-48(50)58-53(41)43/h2*1-30H. The molecule has 26 rings (SSSR count). The lowest BCUT2D eigenvalue weighted by molar-refractivity contribution is 0.673. The van der Waals surface area contributed by atoms with Gasteiger partial charge in [0.1, 0.15) is 43.0 Å². The number of rotatable bonds is 8. The van der Waals surface area contributed by atoms with E-state index in [1.54, 1.807) is 22.7 Å². The maximum absolute atomic E-state index is 6.70. The summed E-state index contributed by atoms with van der Waals surface area (Å²) in [6, 6.07) is 127. The van der Waals surface area contributed by atoms with Crippen molar-refractivity contribution in [2.24, 2.45) is 0 Å². The first-order chi connectivity index (χ1) is 58.4. The number of thiophene rings is 4. The van der Waals surface area contributed by atoms with Gasteiger partial charge in [0.25, 0.3) is 0 Å². The molecular weight excluding hydrogens is 1510 g/mol. The molecule has 0 saturated heterocycles. The Kier molecular flexibility index (Phi) is 15.1. The first-order valence-electron chi connectivity index (χ1n) is 39.6. The van der Waals surface area contributed by atoms with Crippen LogP contribution in [-0.2, 0) is 0 Å². The van der Waals surface area contributed by atoms with E-state index in [1.165, 1.54) is 111 Å². The molecule has 0 atom stereocenters. The number of fused-ring (bicyclic) bond motifs is 26. The van der Waals surface area contributed by atoms with E-state index in [0.717, 1.165) is 147 Å². The minimum Gasteiger partial charge on any atom is -0.455 e. The van der Waals surface area contributed by atoms with Gasteiger partial charge in [0, 0.05) is 115 Å². The highest BCUT2D eigenvalue weighted by atomic mass is 32.1. The molecule has 0 aliphatic rings. The van der Waals surface area contributed by atoms with E-state index in [4.69, 9.17) is 28.8 Å². The van der Waals surface area contributed by atoms with E-state index in [2.05, 4.69) is 352 Å². The zero-order chi connectivity index (χ0) is 77.2. The first-order valence-corrected chi connectivity index (χ1v) is 42.8. The molecule has 6 nitrogen and oxygen atoms in total. The molecule has 10 heteroatoms. The van der Waals surface area contributed by atoms with Crippen LogP contribution in [0.4, 0.5) is 0 Å². The Bertz CT molecular complexity index is 8020. The quantitative estimate of drug-likeness (QED) is 0.151. The molecule has 0 aliphatic carbocycles. The van der Waals surface area contributed by atoms with Crippen LogP contribution >= 0.6 is 45.3 Å². The van der Waals surface area contributed by atoms with Gasteiger partial charge in [0.2, 0.25) is 0 Å². The van der Waals surface area contributed by atoms with Gasteiger partial charge in [0.15, 0.2) is 0 Å². The summed E-state index contributed by atoms with van der Waals surface area (Å²) in [4.78, 5) is 22.4. The largest absolute Gasteiger partial charge is 0.455 e. The maximum atomic E-state index is 6.70. The van der Waals surface area contributed by atoms with Gasteiger partial charge in [-0.25, -0.2) is 19.9 Å². The minimum absolute atomic E-state index is 0.834. The number of nitrogens with zero attached hydrogens (tertiary/aromatic N) is 4. The van der Waals surface area contributed by atoms with E-state index in [9.17, 15) is 0 Å². The van der Waals surface area contributed by atoms with Gasteiger partial charge in [-0.05, 0) is 161 Å². The third-order valence-electron chi connectivity index (χ3n) is 23.9. The SMILES string of the molecule is c1cc(-c2ccc3sc4ncc(-c5cccc(-c6cccc7c6oc6c8ccccc8ccc76)c5)nc4c3c2)cc(-c2cccc3c2oc2c4ccccc4ccc32)c1.c1cc(-c2ccc3sc4ncc(-c5cccc(-c6cccc7c6sc6ccc8ccccc8c67)c5)nc4c3c2)cc(-c2cccc3c2sc2ccc4ccccc4c23)c1. The van der Waals surface area contributed by atoms with Crippen LogP contribution in [0, 0.1) is 0 Å². The summed E-state index contributed by atoms with van der Waals surface area (Å²) in [5.41, 5.74) is 23.2. The molecular formula is C108H60N4O2S4. The Morgan fingerprint density at radius 3 is 0.975 bits per heavy atom. The smallest absolute Gasteiger partial charge is 0.143 e. The first kappa shape index (κ1) is 67.0. The Labute approximate surface area is 690 Å². The van der Waals surface area contributed by atoms with Crippen molar-refractivity contribution in [2.75, 3.05) is 0 Å². The molecule has 8 aromatic heterocycles. The zero-order valence-corrected chi connectivity index (χ0v) is 66.1. The fourth-order valence-electron chi connectivity index (χ4n) is 18.2. The molecule has 0 spiro atoms. The predicted molar refractivity (Wildman–Crippen MR) is 504 cm³/mol. The predicted octanol–water partition coefficient (Wildman–Crippen LogP) is 32.2. The average molecular weight is 1570 g/mol. The molecule has 8 heterocycles. The number of furan rings is 2. The molecule has 0 aliphatic heterocycles. The third kappa shape index (κ3) is 10.7. The summed E-state index contributed by atoms with van der Waals surface area (Å²) in [6.45, 7) is 0. The minimum atomic E-state index is 0.834. The number of hydrogen-bond acceptors (Lipinski definition) is 10. The fraction of sp³-hybridized carbons (Fsp3) is 0. The van der Waals surface area contributed by atoms with E-state index in [0.29, 0.717) is 0 Å². The Hall–Kier alpha value is -14.4. The average Bonchev–Trinajstić information content (AvgIpc) is 1.60. The van der Waals surface area contributed by atoms with Crippen molar-refractivity contribution < 1.29 is 8.83 Å². The van der Waals surface area contributed by atoms with Gasteiger partial charge in [-0.1, -0.05) is 279 Å². The third-order valence-corrected chi connectivity index (χ3v) is 28.4. The Morgan fingerprint density at radius 2 is 0.525 bits per heavy atom. The van der Waals surface area contributed by atoms with Gasteiger partial charge < -0.3 is 8.83 Å². The molecule has 0 fully saturated rings. The van der Waals surface area contributed by atoms with Crippen molar-refractivity contribution >= 4 is 214 Å². The van der Waals surface area contributed by atoms with E-state index in [1.807, 2.05) is 35.1 Å². The van der Waals surface area contributed by atoms with Crippen molar-refractivity contribution in [1.29, 1.82) is 0 Å². The van der Waals surface area contributed by atoms with Crippen LogP contribution in [0.2, 0.25) is 0 Å². The van der Waals surface area contributed by atoms with Crippen LogP contribution in [0.15, 0.2) is 373 Å². The Morgan fingerprint density at radius 1 is 0.203 bits per heavy atom. The topological polar surface area (TPSA) is 77.8 Å². The summed E-state index contributed by atoms with van der Waals surface area (Å²) >= 11 is 7.15. The summed E-state index contributed by atoms with van der Waals surface area (Å²) < 4.78 is 21.0. The lowest BCUT2D eigenvalue weighted by atomic mass is 9.96. The second kappa shape index (κ2) is 26.6. The Balaban J connectivity index is 0.000000131. The van der Waals surface area contributed by atoms with Crippen molar-refractivity contribution in [1.82, 2.24) is 19.9 Å². The molecule has 0 N–H and O–H groups in total. The van der Waals surface area contributed by atoms with Crippen LogP contribution in [0.1, 0.15) is 0 Å². The molecule has 0 unspecified atom stereocenters. The highest BCUT2D eigenvalue weighted by molar-refractivity contribution is 7.27. The highest BCUT2D eigenvalue weighted by Crippen LogP contribution is 2.49. The zero-order valence-electron chi connectivity index (χ0n) is 62.9. The molecule has 18 aromatic carbocycles. The van der Waals surface area contributed by atoms with Crippen LogP contribution in [0.3, 0.4) is 0 Å². The maximum Gasteiger partial charge on any atom is 0.143 e. The summed E-state index contributed by atoms with van der Waals surface area (Å²) in [6.07, 6.45) is 3.83. The van der Waals surface area contributed by atoms with Crippen LogP contribution in [-0.4, -0.2) is 19.9 Å². The number of benzene rings is 18. The molecule has 0 bridgehead atoms. The van der Waals surface area contributed by atoms with Gasteiger partial charge in [-0.15, -0.1) is 45.3 Å². The van der Waals surface area contributed by atoms with Crippen molar-refractivity contribution in [3.05, 3.63) is 364 Å². The van der Waals surface area contributed by atoms with E-state index in [-0.39, 0.29) is 0 Å². The number of hydrogen-bond donors (Lipinski definition) is 0. The molecule has 26 aromatic rings. The van der Waals surface area contributed by atoms with Gasteiger partial charge in [0.05, 0.1) is 23.8 Å². The molecule has 0 amide bonds. The normalized spacial score (nSPS) is 12.1. The second-order valence-electron chi connectivity index (χ2n) is 30.6. The van der Waals surface area contributed by atoms with E-state index < -0.39 is 0 Å². The number of para-hydroxylation sites is 2. The van der Waals surface area contributed by atoms with E-state index >= 15 is 0 Å². The summed E-state index contributed by atoms with van der Waals surface area (Å²) in [5, 5.41) is 21.8. The van der Waals surface area contributed by atoms with Crippen LogP contribution in [0.25, 0.3) is 257 Å². The fourth-order valence-corrected chi connectivity index (χ4v) is 22.7. The molecule has 0 saturated carbocycles. The molecule has 118 heavy (non-hydrogen) atoms. The lowest BCUT2D eigenvalue weighted by Gasteiger charge is -2.08. The van der Waals surface area contributed by atoms with Crippen molar-refractivity contribution in [3.8, 4) is 89.3 Å². The molecule has 0 radical (unpaired) electrons. The van der Waals surface area contributed by atoms with Gasteiger partial charge in [-0.3, -0.25) is 0 Å².